The van der Waals surface area contributed by atoms with Gasteiger partial charge in [-0.15, -0.1) is 0 Å². The Morgan fingerprint density at radius 3 is 2.81 bits per heavy atom. The van der Waals surface area contributed by atoms with Crippen LogP contribution in [-0.2, 0) is 16.1 Å². The lowest BCUT2D eigenvalue weighted by molar-refractivity contribution is -0.0817. The third-order valence-electron chi connectivity index (χ3n) is 2.03. The SMILES string of the molecule is COCc1nc(Cl)nc(OC2COC2)c1Br. The highest BCUT2D eigenvalue weighted by molar-refractivity contribution is 9.10. The molecule has 1 fully saturated rings. The van der Waals surface area contributed by atoms with Gasteiger partial charge in [0.15, 0.2) is 0 Å². The summed E-state index contributed by atoms with van der Waals surface area (Å²) in [7, 11) is 1.59. The van der Waals surface area contributed by atoms with Crippen molar-refractivity contribution in [3.05, 3.63) is 15.5 Å². The second-order valence-corrected chi connectivity index (χ2v) is 4.40. The molecule has 0 radical (unpaired) electrons. The summed E-state index contributed by atoms with van der Waals surface area (Å²) in [6, 6.07) is 0. The lowest BCUT2D eigenvalue weighted by Crippen LogP contribution is -2.38. The third-order valence-corrected chi connectivity index (χ3v) is 2.99. The summed E-state index contributed by atoms with van der Waals surface area (Å²) in [5.41, 5.74) is 0.665. The van der Waals surface area contributed by atoms with Crippen molar-refractivity contribution < 1.29 is 14.2 Å². The van der Waals surface area contributed by atoms with Gasteiger partial charge < -0.3 is 14.2 Å². The molecule has 7 heteroatoms. The van der Waals surface area contributed by atoms with Crippen LogP contribution in [0.5, 0.6) is 5.88 Å². The number of halogens is 2. The Morgan fingerprint density at radius 1 is 1.50 bits per heavy atom. The van der Waals surface area contributed by atoms with Crippen LogP contribution in [0.1, 0.15) is 5.69 Å². The van der Waals surface area contributed by atoms with E-state index >= 15 is 0 Å². The Labute approximate surface area is 106 Å². The van der Waals surface area contributed by atoms with Crippen LogP contribution in [0.15, 0.2) is 4.47 Å². The van der Waals surface area contributed by atoms with Gasteiger partial charge in [0, 0.05) is 7.11 Å². The fourth-order valence-corrected chi connectivity index (χ4v) is 1.76. The molecule has 1 saturated heterocycles. The quantitative estimate of drug-likeness (QED) is 0.794. The Morgan fingerprint density at radius 2 is 2.25 bits per heavy atom. The zero-order valence-corrected chi connectivity index (χ0v) is 10.9. The molecule has 0 spiro atoms. The van der Waals surface area contributed by atoms with Gasteiger partial charge in [-0.2, -0.15) is 4.98 Å². The molecule has 2 rings (SSSR count). The molecular formula is C9H10BrClN2O3. The van der Waals surface area contributed by atoms with E-state index in [1.807, 2.05) is 0 Å². The van der Waals surface area contributed by atoms with Crippen LogP contribution in [0, 0.1) is 0 Å². The van der Waals surface area contributed by atoms with Crippen molar-refractivity contribution in [1.29, 1.82) is 0 Å². The van der Waals surface area contributed by atoms with Crippen LogP contribution in [0.2, 0.25) is 5.28 Å². The van der Waals surface area contributed by atoms with E-state index < -0.39 is 0 Å². The molecule has 0 N–H and O–H groups in total. The summed E-state index contributed by atoms with van der Waals surface area (Å²) in [6.07, 6.45) is 0.0395. The minimum atomic E-state index is 0.0395. The van der Waals surface area contributed by atoms with Crippen molar-refractivity contribution in [1.82, 2.24) is 9.97 Å². The Hall–Kier alpha value is -0.430. The Bertz CT molecular complexity index is 387. The molecule has 0 unspecified atom stereocenters. The number of aromatic nitrogens is 2. The number of nitrogens with zero attached hydrogens (tertiary/aromatic N) is 2. The highest BCUT2D eigenvalue weighted by atomic mass is 79.9. The highest BCUT2D eigenvalue weighted by Gasteiger charge is 2.23. The van der Waals surface area contributed by atoms with E-state index in [2.05, 4.69) is 25.9 Å². The molecule has 1 aromatic heterocycles. The molecule has 0 bridgehead atoms. The minimum absolute atomic E-state index is 0.0395. The van der Waals surface area contributed by atoms with Crippen LogP contribution in [0.25, 0.3) is 0 Å². The van der Waals surface area contributed by atoms with Gasteiger partial charge in [0.2, 0.25) is 11.2 Å². The van der Waals surface area contributed by atoms with Crippen molar-refractivity contribution in [2.24, 2.45) is 0 Å². The van der Waals surface area contributed by atoms with Crippen LogP contribution in [0.4, 0.5) is 0 Å². The third kappa shape index (κ3) is 2.63. The van der Waals surface area contributed by atoms with Gasteiger partial charge >= 0.3 is 0 Å². The second kappa shape index (κ2) is 5.27. The van der Waals surface area contributed by atoms with Crippen LogP contribution < -0.4 is 4.74 Å². The fourth-order valence-electron chi connectivity index (χ4n) is 1.19. The first kappa shape index (κ1) is 12.0. The predicted molar refractivity (Wildman–Crippen MR) is 60.7 cm³/mol. The summed E-state index contributed by atoms with van der Waals surface area (Å²) in [4.78, 5) is 8.06. The number of methoxy groups -OCH3 is 1. The van der Waals surface area contributed by atoms with Gasteiger partial charge in [0.05, 0.1) is 25.5 Å². The molecule has 16 heavy (non-hydrogen) atoms. The van der Waals surface area contributed by atoms with E-state index in [0.717, 1.165) is 0 Å². The second-order valence-electron chi connectivity index (χ2n) is 3.27. The molecule has 88 valence electrons. The average molecular weight is 310 g/mol. The number of hydrogen-bond donors (Lipinski definition) is 0. The van der Waals surface area contributed by atoms with E-state index in [-0.39, 0.29) is 11.4 Å². The molecule has 0 aromatic carbocycles. The van der Waals surface area contributed by atoms with Gasteiger partial charge in [-0.1, -0.05) is 0 Å². The summed E-state index contributed by atoms with van der Waals surface area (Å²) in [5.74, 6) is 0.431. The molecule has 5 nitrogen and oxygen atoms in total. The molecule has 1 aliphatic rings. The van der Waals surface area contributed by atoms with E-state index in [1.54, 1.807) is 7.11 Å². The maximum atomic E-state index is 5.79. The summed E-state index contributed by atoms with van der Waals surface area (Å²) in [6.45, 7) is 1.50. The van der Waals surface area contributed by atoms with E-state index in [1.165, 1.54) is 0 Å². The van der Waals surface area contributed by atoms with Crippen LogP contribution >= 0.6 is 27.5 Å². The number of hydrogen-bond acceptors (Lipinski definition) is 5. The minimum Gasteiger partial charge on any atom is -0.468 e. The van der Waals surface area contributed by atoms with Gasteiger partial charge in [-0.3, -0.25) is 0 Å². The van der Waals surface area contributed by atoms with Gasteiger partial charge in [0.1, 0.15) is 10.6 Å². The van der Waals surface area contributed by atoms with Crippen molar-refractivity contribution in [3.8, 4) is 5.88 Å². The summed E-state index contributed by atoms with van der Waals surface area (Å²) in [5, 5.41) is 0.144. The first-order valence-electron chi connectivity index (χ1n) is 4.66. The molecule has 1 aliphatic heterocycles. The van der Waals surface area contributed by atoms with Gasteiger partial charge in [-0.05, 0) is 27.5 Å². The monoisotopic (exact) mass is 308 g/mol. The molecule has 1 aromatic rings. The zero-order chi connectivity index (χ0) is 11.5. The molecule has 0 atom stereocenters. The Kier molecular flexibility index (Phi) is 3.96. The normalized spacial score (nSPS) is 15.9. The summed E-state index contributed by atoms with van der Waals surface area (Å²) < 4.78 is 16.3. The Balaban J connectivity index is 2.21. The van der Waals surface area contributed by atoms with Crippen molar-refractivity contribution in [2.45, 2.75) is 12.7 Å². The van der Waals surface area contributed by atoms with Crippen molar-refractivity contribution in [3.63, 3.8) is 0 Å². The smallest absolute Gasteiger partial charge is 0.233 e. The number of ether oxygens (including phenoxy) is 3. The van der Waals surface area contributed by atoms with Gasteiger partial charge in [-0.25, -0.2) is 4.98 Å². The van der Waals surface area contributed by atoms with Crippen molar-refractivity contribution in [2.75, 3.05) is 20.3 Å². The zero-order valence-electron chi connectivity index (χ0n) is 8.57. The number of rotatable bonds is 4. The lowest BCUT2D eigenvalue weighted by Gasteiger charge is -2.26. The molecule has 0 saturated carbocycles. The lowest BCUT2D eigenvalue weighted by atomic mass is 10.3. The first-order chi connectivity index (χ1) is 7.70. The van der Waals surface area contributed by atoms with E-state index in [9.17, 15) is 0 Å². The van der Waals surface area contributed by atoms with Crippen LogP contribution in [0.3, 0.4) is 0 Å². The highest BCUT2D eigenvalue weighted by Crippen LogP contribution is 2.29. The molecular weight excluding hydrogens is 299 g/mol. The van der Waals surface area contributed by atoms with Crippen molar-refractivity contribution >= 4 is 27.5 Å². The maximum Gasteiger partial charge on any atom is 0.233 e. The topological polar surface area (TPSA) is 53.5 Å². The first-order valence-corrected chi connectivity index (χ1v) is 5.83. The fraction of sp³-hybridized carbons (Fsp3) is 0.556. The average Bonchev–Trinajstić information content (AvgIpc) is 2.18. The largest absolute Gasteiger partial charge is 0.468 e. The molecule has 0 amide bonds. The maximum absolute atomic E-state index is 5.79. The molecule has 2 heterocycles. The molecule has 0 aliphatic carbocycles. The predicted octanol–water partition coefficient (Wildman–Crippen LogP) is 1.82. The van der Waals surface area contributed by atoms with Gasteiger partial charge in [0.25, 0.3) is 0 Å². The summed E-state index contributed by atoms with van der Waals surface area (Å²) >= 11 is 9.16. The van der Waals surface area contributed by atoms with Crippen LogP contribution in [-0.4, -0.2) is 36.4 Å². The van der Waals surface area contributed by atoms with E-state index in [4.69, 9.17) is 25.8 Å². The van der Waals surface area contributed by atoms with E-state index in [0.29, 0.717) is 35.9 Å². The standard InChI is InChI=1S/C9H10BrClN2O3/c1-14-4-6-7(10)8(13-9(11)12-6)16-5-2-15-3-5/h5H,2-4H2,1H3.